The van der Waals surface area contributed by atoms with E-state index in [1.165, 1.54) is 12.7 Å². The molecule has 12 heteroatoms. The summed E-state index contributed by atoms with van der Waals surface area (Å²) in [7, 11) is 1.46. The number of carbonyl (C=O) groups is 2. The molecule has 0 radical (unpaired) electrons. The monoisotopic (exact) mass is 532 g/mol. The molecule has 1 aliphatic heterocycles. The van der Waals surface area contributed by atoms with Crippen LogP contribution in [0.1, 0.15) is 53.7 Å². The van der Waals surface area contributed by atoms with Gasteiger partial charge in [-0.05, 0) is 55.0 Å². The fraction of sp³-hybridized carbons (Fsp3) is 0.423. The molecule has 0 spiro atoms. The van der Waals surface area contributed by atoms with Crippen molar-refractivity contribution in [2.75, 3.05) is 19.0 Å². The van der Waals surface area contributed by atoms with E-state index < -0.39 is 30.5 Å². The number of methoxy groups -OCH3 is 1. The minimum absolute atomic E-state index is 0.0491. The molecule has 2 aromatic heterocycles. The largest absolute Gasteiger partial charge is 0.497 e. The number of esters is 2. The number of hydrogen-bond acceptors (Lipinski definition) is 9. The first-order valence-electron chi connectivity index (χ1n) is 12.2. The van der Waals surface area contributed by atoms with E-state index in [0.717, 1.165) is 43.7 Å². The highest BCUT2D eigenvalue weighted by molar-refractivity contribution is 5.88. The number of anilines is 1. The fourth-order valence-corrected chi connectivity index (χ4v) is 4.23. The molecule has 9 nitrogen and oxygen atoms in total. The van der Waals surface area contributed by atoms with Gasteiger partial charge in [-0.15, -0.1) is 0 Å². The van der Waals surface area contributed by atoms with E-state index in [9.17, 15) is 22.8 Å². The zero-order valence-electron chi connectivity index (χ0n) is 20.7. The highest BCUT2D eigenvalue weighted by atomic mass is 19.4. The fourth-order valence-electron chi connectivity index (χ4n) is 4.23. The Morgan fingerprint density at radius 2 is 2.00 bits per heavy atom. The number of fused-ring (bicyclic) bond motifs is 1. The van der Waals surface area contributed by atoms with Gasteiger partial charge >= 0.3 is 18.1 Å². The molecule has 1 atom stereocenters. The van der Waals surface area contributed by atoms with Crippen LogP contribution in [0.15, 0.2) is 40.9 Å². The van der Waals surface area contributed by atoms with Gasteiger partial charge in [0.05, 0.1) is 13.5 Å². The minimum Gasteiger partial charge on any atom is -0.497 e. The van der Waals surface area contributed by atoms with Gasteiger partial charge in [-0.3, -0.25) is 4.79 Å². The summed E-state index contributed by atoms with van der Waals surface area (Å²) in [6.45, 7) is 0.919. The van der Waals surface area contributed by atoms with Crippen LogP contribution >= 0.6 is 0 Å². The summed E-state index contributed by atoms with van der Waals surface area (Å²) in [5.41, 5.74) is 2.76. The molecule has 202 valence electrons. The molecule has 4 rings (SSSR count). The van der Waals surface area contributed by atoms with E-state index in [-0.39, 0.29) is 12.3 Å². The molecule has 1 aliphatic rings. The summed E-state index contributed by atoms with van der Waals surface area (Å²) in [6.07, 6.45) is -1.62. The maximum Gasteiger partial charge on any atom is 0.491 e. The Kier molecular flexibility index (Phi) is 8.59. The van der Waals surface area contributed by atoms with Gasteiger partial charge in [-0.25, -0.2) is 9.78 Å². The molecule has 3 heterocycles. The van der Waals surface area contributed by atoms with Gasteiger partial charge in [0.1, 0.15) is 11.6 Å². The van der Waals surface area contributed by atoms with Crippen LogP contribution in [0, 0.1) is 0 Å². The van der Waals surface area contributed by atoms with Gasteiger partial charge in [0.2, 0.25) is 5.89 Å². The zero-order chi connectivity index (χ0) is 27.1. The Balaban J connectivity index is 1.38. The predicted molar refractivity (Wildman–Crippen MR) is 129 cm³/mol. The lowest BCUT2D eigenvalue weighted by molar-refractivity contribution is -0.202. The molecular formula is C26H27F3N4O5. The number of halogens is 3. The molecule has 1 aromatic carbocycles. The molecule has 1 N–H and O–H groups in total. The molecular weight excluding hydrogens is 505 g/mol. The summed E-state index contributed by atoms with van der Waals surface area (Å²) in [5.74, 6) is -2.46. The molecule has 38 heavy (non-hydrogen) atoms. The van der Waals surface area contributed by atoms with Gasteiger partial charge < -0.3 is 19.3 Å². The summed E-state index contributed by atoms with van der Waals surface area (Å²) in [4.78, 5) is 32.3. The van der Waals surface area contributed by atoms with Crippen LogP contribution in [-0.4, -0.2) is 46.9 Å². The third kappa shape index (κ3) is 7.30. The number of nitrogens with one attached hydrogen (secondary N) is 1. The van der Waals surface area contributed by atoms with E-state index in [4.69, 9.17) is 9.26 Å². The summed E-state index contributed by atoms with van der Waals surface area (Å²) in [5, 5.41) is 7.31. The topological polar surface area (TPSA) is 116 Å². The molecule has 1 unspecified atom stereocenters. The highest BCUT2D eigenvalue weighted by Crippen LogP contribution is 2.28. The average molecular weight is 533 g/mol. The van der Waals surface area contributed by atoms with Crippen molar-refractivity contribution in [1.82, 2.24) is 15.1 Å². The van der Waals surface area contributed by atoms with Crippen LogP contribution in [0.2, 0.25) is 0 Å². The van der Waals surface area contributed by atoms with Crippen molar-refractivity contribution in [2.45, 2.75) is 57.0 Å². The number of nitrogens with zero attached hydrogens (tertiary/aromatic N) is 3. The quantitative estimate of drug-likeness (QED) is 0.300. The van der Waals surface area contributed by atoms with Gasteiger partial charge in [-0.2, -0.15) is 18.2 Å². The third-order valence-electron chi connectivity index (χ3n) is 6.13. The van der Waals surface area contributed by atoms with Gasteiger partial charge in [0.25, 0.3) is 0 Å². The summed E-state index contributed by atoms with van der Waals surface area (Å²) in [6, 6.07) is 10.8. The van der Waals surface area contributed by atoms with Crippen molar-refractivity contribution >= 4 is 17.8 Å². The van der Waals surface area contributed by atoms with Gasteiger partial charge in [0, 0.05) is 31.0 Å². The molecule has 0 aliphatic carbocycles. The van der Waals surface area contributed by atoms with Crippen LogP contribution in [0.4, 0.5) is 19.0 Å². The number of aromatic nitrogens is 3. The third-order valence-corrected chi connectivity index (χ3v) is 6.13. The number of alkyl halides is 3. The number of aryl methyl sites for hydroxylation is 3. The van der Waals surface area contributed by atoms with Gasteiger partial charge in [-0.1, -0.05) is 23.4 Å². The number of ether oxygens (including phenoxy) is 2. The molecule has 3 aromatic rings. The van der Waals surface area contributed by atoms with Crippen molar-refractivity contribution in [3.63, 3.8) is 0 Å². The molecule has 0 bridgehead atoms. The maximum absolute atomic E-state index is 12.5. The molecule has 0 saturated heterocycles. The van der Waals surface area contributed by atoms with Crippen LogP contribution in [0.5, 0.6) is 5.75 Å². The Morgan fingerprint density at radius 3 is 2.79 bits per heavy atom. The molecule has 0 amide bonds. The number of pyridine rings is 1. The van der Waals surface area contributed by atoms with Crippen molar-refractivity contribution in [3.8, 4) is 5.75 Å². The van der Waals surface area contributed by atoms with Crippen LogP contribution in [0.3, 0.4) is 0 Å². The second-order valence-electron chi connectivity index (χ2n) is 8.94. The SMILES string of the molecule is COc1cccc(C(CC(=O)OC(=O)C(F)(F)F)Cc2nc(CCCc3ccc4c(n3)NCCC4)no2)c1. The lowest BCUT2D eigenvalue weighted by Gasteiger charge is -2.17. The number of benzene rings is 1. The Hall–Kier alpha value is -3.96. The van der Waals surface area contributed by atoms with Crippen LogP contribution < -0.4 is 10.1 Å². The Labute approximate surface area is 216 Å². The van der Waals surface area contributed by atoms with Crippen LogP contribution in [0.25, 0.3) is 0 Å². The lowest BCUT2D eigenvalue weighted by Crippen LogP contribution is -2.28. The minimum atomic E-state index is -5.27. The van der Waals surface area contributed by atoms with Crippen molar-refractivity contribution in [1.29, 1.82) is 0 Å². The normalized spacial score (nSPS) is 13.8. The number of hydrogen-bond donors (Lipinski definition) is 1. The number of rotatable bonds is 10. The number of carbonyl (C=O) groups excluding carboxylic acids is 2. The van der Waals surface area contributed by atoms with Crippen LogP contribution in [-0.2, 0) is 40.0 Å². The summed E-state index contributed by atoms with van der Waals surface area (Å²) < 4.78 is 52.1. The first-order chi connectivity index (χ1) is 18.2. The standard InChI is InChI=1S/C26H27F3N4O5/c1-36-20-8-2-5-17(13-20)18(15-23(34)37-25(35)26(27,28)29)14-22-32-21(33-38-22)9-3-7-19-11-10-16-6-4-12-30-24(16)31-19/h2,5,8,10-11,13,18H,3-4,6-7,9,12,14-15H2,1H3,(H,30,31). The van der Waals surface area contributed by atoms with Crippen molar-refractivity contribution in [3.05, 3.63) is 64.9 Å². The van der Waals surface area contributed by atoms with E-state index in [0.29, 0.717) is 23.6 Å². The zero-order valence-corrected chi connectivity index (χ0v) is 20.7. The smallest absolute Gasteiger partial charge is 0.491 e. The van der Waals surface area contributed by atoms with Crippen molar-refractivity contribution < 1.29 is 36.8 Å². The maximum atomic E-state index is 12.5. The summed E-state index contributed by atoms with van der Waals surface area (Å²) >= 11 is 0. The Morgan fingerprint density at radius 1 is 1.16 bits per heavy atom. The lowest BCUT2D eigenvalue weighted by atomic mass is 9.92. The van der Waals surface area contributed by atoms with Crippen molar-refractivity contribution in [2.24, 2.45) is 0 Å². The first-order valence-corrected chi connectivity index (χ1v) is 12.2. The van der Waals surface area contributed by atoms with Gasteiger partial charge in [0.15, 0.2) is 5.82 Å². The van der Waals surface area contributed by atoms with E-state index in [2.05, 4.69) is 31.2 Å². The second-order valence-corrected chi connectivity index (χ2v) is 8.94. The predicted octanol–water partition coefficient (Wildman–Crippen LogP) is 4.36. The first kappa shape index (κ1) is 27.1. The van der Waals surface area contributed by atoms with E-state index >= 15 is 0 Å². The second kappa shape index (κ2) is 12.1. The average Bonchev–Trinajstić information content (AvgIpc) is 3.34. The highest BCUT2D eigenvalue weighted by Gasteiger charge is 2.42. The Bertz CT molecular complexity index is 1280. The van der Waals surface area contributed by atoms with E-state index in [1.807, 2.05) is 6.07 Å². The molecule has 0 fully saturated rings. The van der Waals surface area contributed by atoms with E-state index in [1.54, 1.807) is 24.3 Å². The molecule has 0 saturated carbocycles.